The standard InChI is InChI=1S/C11H13BrF3NO2S/c1-3-11(2,6-12)16-19(17,18)10-8(14)4-7(13)5-9(10)15/h4-5,16H,3,6H2,1-2H3. The van der Waals surface area contributed by atoms with E-state index in [2.05, 4.69) is 20.7 Å². The van der Waals surface area contributed by atoms with Crippen LogP contribution in [0.2, 0.25) is 0 Å². The van der Waals surface area contributed by atoms with Crippen LogP contribution in [0.4, 0.5) is 13.2 Å². The highest BCUT2D eigenvalue weighted by atomic mass is 79.9. The minimum Gasteiger partial charge on any atom is -0.207 e. The molecule has 108 valence electrons. The second kappa shape index (κ2) is 5.80. The fourth-order valence-corrected chi connectivity index (χ4v) is 3.68. The molecule has 0 aliphatic rings. The van der Waals surface area contributed by atoms with Crippen LogP contribution in [0.3, 0.4) is 0 Å². The Balaban J connectivity index is 3.29. The molecule has 0 bridgehead atoms. The van der Waals surface area contributed by atoms with Crippen LogP contribution < -0.4 is 4.72 Å². The van der Waals surface area contributed by atoms with Crippen molar-refractivity contribution in [2.75, 3.05) is 5.33 Å². The quantitative estimate of drug-likeness (QED) is 0.821. The van der Waals surface area contributed by atoms with Gasteiger partial charge in [0.2, 0.25) is 10.0 Å². The Morgan fingerprint density at radius 3 is 2.11 bits per heavy atom. The maximum atomic E-state index is 13.5. The Labute approximate surface area is 118 Å². The highest BCUT2D eigenvalue weighted by molar-refractivity contribution is 9.09. The zero-order valence-corrected chi connectivity index (χ0v) is 12.7. The highest BCUT2D eigenvalue weighted by Gasteiger charge is 2.32. The van der Waals surface area contributed by atoms with Crippen molar-refractivity contribution in [3.63, 3.8) is 0 Å². The SMILES string of the molecule is CCC(C)(CBr)NS(=O)(=O)c1c(F)cc(F)cc1F. The normalized spacial score (nSPS) is 15.3. The number of halogens is 4. The van der Waals surface area contributed by atoms with Gasteiger partial charge in [0.1, 0.15) is 17.5 Å². The van der Waals surface area contributed by atoms with Gasteiger partial charge in [0.05, 0.1) is 0 Å². The lowest BCUT2D eigenvalue weighted by atomic mass is 10.0. The van der Waals surface area contributed by atoms with Crippen LogP contribution in [0.5, 0.6) is 0 Å². The molecule has 0 spiro atoms. The lowest BCUT2D eigenvalue weighted by Gasteiger charge is -2.27. The molecule has 19 heavy (non-hydrogen) atoms. The maximum absolute atomic E-state index is 13.5. The van der Waals surface area contributed by atoms with Crippen molar-refractivity contribution >= 4 is 26.0 Å². The third kappa shape index (κ3) is 3.70. The Kier molecular flexibility index (Phi) is 5.02. The number of nitrogens with one attached hydrogen (secondary N) is 1. The van der Waals surface area contributed by atoms with E-state index in [0.717, 1.165) is 0 Å². The molecule has 0 aliphatic heterocycles. The monoisotopic (exact) mass is 359 g/mol. The van der Waals surface area contributed by atoms with Gasteiger partial charge in [0, 0.05) is 23.0 Å². The van der Waals surface area contributed by atoms with E-state index in [1.807, 2.05) is 0 Å². The van der Waals surface area contributed by atoms with Gasteiger partial charge in [-0.2, -0.15) is 0 Å². The van der Waals surface area contributed by atoms with Gasteiger partial charge in [-0.1, -0.05) is 22.9 Å². The largest absolute Gasteiger partial charge is 0.246 e. The molecular formula is C11H13BrF3NO2S. The van der Waals surface area contributed by atoms with Gasteiger partial charge >= 0.3 is 0 Å². The first-order valence-corrected chi connectivity index (χ1v) is 8.00. The van der Waals surface area contributed by atoms with E-state index in [4.69, 9.17) is 0 Å². The summed E-state index contributed by atoms with van der Waals surface area (Å²) in [6.07, 6.45) is 0.405. The molecule has 0 heterocycles. The van der Waals surface area contributed by atoms with Crippen LogP contribution in [0.1, 0.15) is 20.3 Å². The van der Waals surface area contributed by atoms with E-state index in [1.165, 1.54) is 0 Å². The first-order chi connectivity index (χ1) is 8.65. The predicted molar refractivity (Wildman–Crippen MR) is 69.1 cm³/mol. The number of rotatable bonds is 5. The van der Waals surface area contributed by atoms with Crippen LogP contribution >= 0.6 is 15.9 Å². The molecule has 1 aromatic carbocycles. The summed E-state index contributed by atoms with van der Waals surface area (Å²) in [6.45, 7) is 3.31. The molecule has 1 unspecified atom stereocenters. The van der Waals surface area contributed by atoms with E-state index in [1.54, 1.807) is 13.8 Å². The second-order valence-corrected chi connectivity index (χ2v) is 6.53. The van der Waals surface area contributed by atoms with E-state index in [9.17, 15) is 21.6 Å². The summed E-state index contributed by atoms with van der Waals surface area (Å²) >= 11 is 3.13. The summed E-state index contributed by atoms with van der Waals surface area (Å²) in [4.78, 5) is -1.17. The van der Waals surface area contributed by atoms with E-state index < -0.39 is 37.9 Å². The minimum absolute atomic E-state index is 0.264. The Hall–Kier alpha value is -0.600. The first kappa shape index (κ1) is 16.5. The summed E-state index contributed by atoms with van der Waals surface area (Å²) in [5, 5.41) is 0.264. The van der Waals surface area contributed by atoms with Gasteiger partial charge in [-0.05, 0) is 13.3 Å². The van der Waals surface area contributed by atoms with Crippen molar-refractivity contribution in [1.29, 1.82) is 0 Å². The summed E-state index contributed by atoms with van der Waals surface area (Å²) in [6, 6.07) is 0.657. The van der Waals surface area contributed by atoms with Gasteiger partial charge < -0.3 is 0 Å². The van der Waals surface area contributed by atoms with E-state index >= 15 is 0 Å². The molecule has 3 nitrogen and oxygen atoms in total. The molecule has 1 aromatic rings. The van der Waals surface area contributed by atoms with Gasteiger partial charge in [-0.25, -0.2) is 26.3 Å². The number of hydrogen-bond acceptors (Lipinski definition) is 2. The van der Waals surface area contributed by atoms with Gasteiger partial charge in [0.15, 0.2) is 4.90 Å². The molecule has 0 saturated heterocycles. The summed E-state index contributed by atoms with van der Waals surface area (Å²) < 4.78 is 65.9. The van der Waals surface area contributed by atoms with Crippen molar-refractivity contribution in [2.24, 2.45) is 0 Å². The van der Waals surface area contributed by atoms with Crippen molar-refractivity contribution < 1.29 is 21.6 Å². The zero-order chi connectivity index (χ0) is 14.8. The predicted octanol–water partition coefficient (Wildman–Crippen LogP) is 2.95. The number of sulfonamides is 1. The average molecular weight is 360 g/mol. The zero-order valence-electron chi connectivity index (χ0n) is 10.3. The van der Waals surface area contributed by atoms with Gasteiger partial charge in [-0.15, -0.1) is 0 Å². The molecule has 1 rings (SSSR count). The lowest BCUT2D eigenvalue weighted by Crippen LogP contribution is -2.47. The minimum atomic E-state index is -4.42. The van der Waals surface area contributed by atoms with Crippen LogP contribution in [0, 0.1) is 17.5 Å². The number of hydrogen-bond donors (Lipinski definition) is 1. The van der Waals surface area contributed by atoms with E-state index in [0.29, 0.717) is 18.6 Å². The molecule has 0 aliphatic carbocycles. The third-order valence-corrected chi connectivity index (χ3v) is 5.61. The molecule has 1 atom stereocenters. The average Bonchev–Trinajstić information content (AvgIpc) is 2.26. The van der Waals surface area contributed by atoms with Crippen LogP contribution in [-0.4, -0.2) is 19.3 Å². The number of benzene rings is 1. The smallest absolute Gasteiger partial charge is 0.207 e. The maximum Gasteiger partial charge on any atom is 0.246 e. The fourth-order valence-electron chi connectivity index (χ4n) is 1.36. The van der Waals surface area contributed by atoms with Crippen LogP contribution in [0.15, 0.2) is 17.0 Å². The Bertz CT molecular complexity index is 550. The lowest BCUT2D eigenvalue weighted by molar-refractivity contribution is 0.440. The van der Waals surface area contributed by atoms with Crippen LogP contribution in [-0.2, 0) is 10.0 Å². The summed E-state index contributed by atoms with van der Waals surface area (Å²) in [5.41, 5.74) is -0.897. The molecule has 8 heteroatoms. The molecular weight excluding hydrogens is 347 g/mol. The molecule has 0 aromatic heterocycles. The summed E-state index contributed by atoms with van der Waals surface area (Å²) in [5.74, 6) is -4.09. The highest BCUT2D eigenvalue weighted by Crippen LogP contribution is 2.23. The topological polar surface area (TPSA) is 46.2 Å². The second-order valence-electron chi connectivity index (χ2n) is 4.35. The fraction of sp³-hybridized carbons (Fsp3) is 0.455. The van der Waals surface area contributed by atoms with Crippen molar-refractivity contribution in [3.8, 4) is 0 Å². The molecule has 0 fully saturated rings. The Morgan fingerprint density at radius 2 is 1.74 bits per heavy atom. The molecule has 0 amide bonds. The third-order valence-electron chi connectivity index (χ3n) is 2.69. The van der Waals surface area contributed by atoms with E-state index in [-0.39, 0.29) is 5.33 Å². The van der Waals surface area contributed by atoms with Crippen molar-refractivity contribution in [2.45, 2.75) is 30.7 Å². The van der Waals surface area contributed by atoms with Crippen molar-refractivity contribution in [1.82, 2.24) is 4.72 Å². The van der Waals surface area contributed by atoms with Crippen LogP contribution in [0.25, 0.3) is 0 Å². The molecule has 0 saturated carbocycles. The molecule has 1 N–H and O–H groups in total. The summed E-state index contributed by atoms with van der Waals surface area (Å²) in [7, 11) is -4.42. The van der Waals surface area contributed by atoms with Gasteiger partial charge in [-0.3, -0.25) is 0 Å². The Morgan fingerprint density at radius 1 is 1.26 bits per heavy atom. The van der Waals surface area contributed by atoms with Crippen molar-refractivity contribution in [3.05, 3.63) is 29.6 Å². The van der Waals surface area contributed by atoms with Gasteiger partial charge in [0.25, 0.3) is 0 Å². The molecule has 0 radical (unpaired) electrons. The number of alkyl halides is 1. The first-order valence-electron chi connectivity index (χ1n) is 5.39.